The van der Waals surface area contributed by atoms with Gasteiger partial charge in [0.15, 0.2) is 17.5 Å². The number of ether oxygens (including phenoxy) is 3. The fourth-order valence-electron chi connectivity index (χ4n) is 2.16. The molecule has 0 spiro atoms. The fourth-order valence-corrected chi connectivity index (χ4v) is 2.16. The first-order valence-electron chi connectivity index (χ1n) is 7.75. The third-order valence-corrected chi connectivity index (χ3v) is 3.31. The second-order valence-corrected chi connectivity index (χ2v) is 5.16. The smallest absolute Gasteiger partial charge is 0.193 e. The van der Waals surface area contributed by atoms with Gasteiger partial charge in [0.05, 0.1) is 13.2 Å². The van der Waals surface area contributed by atoms with Crippen molar-refractivity contribution in [1.29, 1.82) is 0 Å². The van der Waals surface area contributed by atoms with Gasteiger partial charge >= 0.3 is 0 Å². The van der Waals surface area contributed by atoms with Gasteiger partial charge in [-0.15, -0.1) is 24.0 Å². The van der Waals surface area contributed by atoms with Crippen molar-refractivity contribution >= 4 is 35.6 Å². The Balaban J connectivity index is 0.00000264. The Hall–Kier alpha value is -1.22. The van der Waals surface area contributed by atoms with Crippen LogP contribution in [-0.2, 0) is 4.74 Å². The maximum absolute atomic E-state index is 5.90. The summed E-state index contributed by atoms with van der Waals surface area (Å²) in [5, 5.41) is 3.08. The Bertz CT molecular complexity index is 497. The molecule has 0 atom stereocenters. The normalized spacial score (nSPS) is 13.9. The van der Waals surface area contributed by atoms with Crippen LogP contribution in [0.2, 0.25) is 0 Å². The van der Waals surface area contributed by atoms with Crippen LogP contribution in [0.15, 0.2) is 23.2 Å². The Morgan fingerprint density at radius 1 is 1.22 bits per heavy atom. The minimum absolute atomic E-state index is 0. The SMILES string of the molecule is COCCCCCN=C(N)Nc1ccc2c(c1)OCCCO2.I. The van der Waals surface area contributed by atoms with Crippen molar-refractivity contribution in [3.05, 3.63) is 18.2 Å². The van der Waals surface area contributed by atoms with Gasteiger partial charge in [0.25, 0.3) is 0 Å². The van der Waals surface area contributed by atoms with Gasteiger partial charge in [0.1, 0.15) is 0 Å². The number of methoxy groups -OCH3 is 1. The van der Waals surface area contributed by atoms with E-state index in [-0.39, 0.29) is 24.0 Å². The van der Waals surface area contributed by atoms with Crippen LogP contribution in [0.5, 0.6) is 11.5 Å². The zero-order valence-corrected chi connectivity index (χ0v) is 15.9. The van der Waals surface area contributed by atoms with Crippen molar-refractivity contribution in [2.45, 2.75) is 25.7 Å². The predicted octanol–water partition coefficient (Wildman–Crippen LogP) is 3.01. The molecule has 1 aromatic carbocycles. The largest absolute Gasteiger partial charge is 0.490 e. The third kappa shape index (κ3) is 7.26. The molecule has 0 aromatic heterocycles. The highest BCUT2D eigenvalue weighted by atomic mass is 127. The number of halogens is 1. The van der Waals surface area contributed by atoms with E-state index in [1.807, 2.05) is 18.2 Å². The monoisotopic (exact) mass is 435 g/mol. The van der Waals surface area contributed by atoms with E-state index < -0.39 is 0 Å². The standard InChI is InChI=1S/C16H25N3O3.HI/c1-20-9-4-2-3-8-18-16(17)19-13-6-7-14-15(12-13)22-11-5-10-21-14;/h6-7,12H,2-5,8-11H2,1H3,(H3,17,18,19);1H. The minimum atomic E-state index is 0. The Labute approximate surface area is 154 Å². The van der Waals surface area contributed by atoms with Gasteiger partial charge in [-0.05, 0) is 31.4 Å². The molecule has 0 aliphatic carbocycles. The molecular formula is C16H26IN3O3. The van der Waals surface area contributed by atoms with Crippen molar-refractivity contribution in [2.24, 2.45) is 10.7 Å². The fraction of sp³-hybridized carbons (Fsp3) is 0.562. The number of benzene rings is 1. The predicted molar refractivity (Wildman–Crippen MR) is 103 cm³/mol. The molecule has 0 radical (unpaired) electrons. The first-order chi connectivity index (χ1) is 10.8. The van der Waals surface area contributed by atoms with Crippen LogP contribution in [0.4, 0.5) is 5.69 Å². The number of fused-ring (bicyclic) bond motifs is 1. The molecule has 130 valence electrons. The molecule has 6 nitrogen and oxygen atoms in total. The number of nitrogens with zero attached hydrogens (tertiary/aromatic N) is 1. The lowest BCUT2D eigenvalue weighted by Gasteiger charge is -2.10. The molecule has 1 heterocycles. The lowest BCUT2D eigenvalue weighted by atomic mass is 10.2. The van der Waals surface area contributed by atoms with Crippen LogP contribution in [0.3, 0.4) is 0 Å². The number of nitrogens with two attached hydrogens (primary N) is 1. The number of aliphatic imine (C=N–C) groups is 1. The van der Waals surface area contributed by atoms with E-state index >= 15 is 0 Å². The average Bonchev–Trinajstić information content (AvgIpc) is 2.75. The number of anilines is 1. The molecule has 0 saturated carbocycles. The Morgan fingerprint density at radius 2 is 2.00 bits per heavy atom. The highest BCUT2D eigenvalue weighted by Gasteiger charge is 2.10. The molecule has 0 fully saturated rings. The van der Waals surface area contributed by atoms with E-state index in [1.54, 1.807) is 7.11 Å². The Morgan fingerprint density at radius 3 is 2.78 bits per heavy atom. The van der Waals surface area contributed by atoms with Gasteiger partial charge in [0, 0.05) is 38.4 Å². The van der Waals surface area contributed by atoms with Crippen LogP contribution >= 0.6 is 24.0 Å². The zero-order chi connectivity index (χ0) is 15.6. The van der Waals surface area contributed by atoms with Crippen LogP contribution in [-0.4, -0.2) is 39.4 Å². The topological polar surface area (TPSA) is 78.1 Å². The summed E-state index contributed by atoms with van der Waals surface area (Å²) in [4.78, 5) is 4.32. The van der Waals surface area contributed by atoms with Crippen LogP contribution in [0.1, 0.15) is 25.7 Å². The van der Waals surface area contributed by atoms with Gasteiger partial charge in [0.2, 0.25) is 0 Å². The van der Waals surface area contributed by atoms with E-state index in [4.69, 9.17) is 19.9 Å². The highest BCUT2D eigenvalue weighted by molar-refractivity contribution is 14.0. The molecule has 0 amide bonds. The summed E-state index contributed by atoms with van der Waals surface area (Å²) in [5.74, 6) is 1.94. The summed E-state index contributed by atoms with van der Waals surface area (Å²) in [5.41, 5.74) is 6.75. The third-order valence-electron chi connectivity index (χ3n) is 3.31. The maximum atomic E-state index is 5.90. The quantitative estimate of drug-likeness (QED) is 0.298. The van der Waals surface area contributed by atoms with E-state index in [2.05, 4.69) is 10.3 Å². The summed E-state index contributed by atoms with van der Waals surface area (Å²) in [6, 6.07) is 5.69. The van der Waals surface area contributed by atoms with E-state index in [9.17, 15) is 0 Å². The van der Waals surface area contributed by atoms with E-state index in [0.29, 0.717) is 25.7 Å². The zero-order valence-electron chi connectivity index (χ0n) is 13.5. The molecule has 2 rings (SSSR count). The van der Waals surface area contributed by atoms with Crippen molar-refractivity contribution in [2.75, 3.05) is 38.8 Å². The van der Waals surface area contributed by atoms with Gasteiger partial charge in [-0.2, -0.15) is 0 Å². The Kier molecular flexibility index (Phi) is 9.77. The second-order valence-electron chi connectivity index (χ2n) is 5.16. The molecule has 1 aromatic rings. The number of guanidine groups is 1. The highest BCUT2D eigenvalue weighted by Crippen LogP contribution is 2.32. The molecule has 0 unspecified atom stereocenters. The molecule has 3 N–H and O–H groups in total. The lowest BCUT2D eigenvalue weighted by Crippen LogP contribution is -2.22. The first-order valence-corrected chi connectivity index (χ1v) is 7.75. The summed E-state index contributed by atoms with van der Waals surface area (Å²) in [6.45, 7) is 2.87. The van der Waals surface area contributed by atoms with Crippen LogP contribution in [0.25, 0.3) is 0 Å². The van der Waals surface area contributed by atoms with Crippen molar-refractivity contribution < 1.29 is 14.2 Å². The van der Waals surface area contributed by atoms with E-state index in [0.717, 1.165) is 49.5 Å². The first kappa shape index (κ1) is 19.8. The summed E-state index contributed by atoms with van der Waals surface area (Å²) >= 11 is 0. The molecular weight excluding hydrogens is 409 g/mol. The summed E-state index contributed by atoms with van der Waals surface area (Å²) in [6.07, 6.45) is 4.05. The number of unbranched alkanes of at least 4 members (excludes halogenated alkanes) is 2. The average molecular weight is 435 g/mol. The van der Waals surface area contributed by atoms with Crippen molar-refractivity contribution in [3.63, 3.8) is 0 Å². The summed E-state index contributed by atoms with van der Waals surface area (Å²) < 4.78 is 16.3. The molecule has 0 saturated heterocycles. The number of nitrogens with one attached hydrogen (secondary N) is 1. The van der Waals surface area contributed by atoms with Crippen LogP contribution < -0.4 is 20.5 Å². The van der Waals surface area contributed by atoms with Gasteiger partial charge < -0.3 is 25.3 Å². The van der Waals surface area contributed by atoms with E-state index in [1.165, 1.54) is 0 Å². The molecule has 23 heavy (non-hydrogen) atoms. The molecule has 7 heteroatoms. The molecule has 0 bridgehead atoms. The van der Waals surface area contributed by atoms with Gasteiger partial charge in [-0.25, -0.2) is 0 Å². The van der Waals surface area contributed by atoms with Gasteiger partial charge in [-0.3, -0.25) is 4.99 Å². The molecule has 1 aliphatic rings. The molecule has 1 aliphatic heterocycles. The number of rotatable bonds is 7. The second kappa shape index (κ2) is 11.3. The van der Waals surface area contributed by atoms with Crippen molar-refractivity contribution in [3.8, 4) is 11.5 Å². The number of hydrogen-bond acceptors (Lipinski definition) is 4. The maximum Gasteiger partial charge on any atom is 0.193 e. The summed E-state index contributed by atoms with van der Waals surface area (Å²) in [7, 11) is 1.72. The van der Waals surface area contributed by atoms with Crippen LogP contribution in [0, 0.1) is 0 Å². The van der Waals surface area contributed by atoms with Crippen molar-refractivity contribution in [1.82, 2.24) is 0 Å². The lowest BCUT2D eigenvalue weighted by molar-refractivity contribution is 0.192. The van der Waals surface area contributed by atoms with Gasteiger partial charge in [-0.1, -0.05) is 0 Å². The minimum Gasteiger partial charge on any atom is -0.490 e. The number of hydrogen-bond donors (Lipinski definition) is 2.